The van der Waals surface area contributed by atoms with Crippen LogP contribution >= 0.6 is 0 Å². The molecule has 0 radical (unpaired) electrons. The van der Waals surface area contributed by atoms with E-state index in [0.29, 0.717) is 18.3 Å². The van der Waals surface area contributed by atoms with Crippen molar-refractivity contribution in [2.24, 2.45) is 21.7 Å². The molecule has 19 heavy (non-hydrogen) atoms. The number of rotatable bonds is 3. The van der Waals surface area contributed by atoms with Gasteiger partial charge in [0.15, 0.2) is 5.84 Å². The number of amides is 1. The highest BCUT2D eigenvalue weighted by atomic mass is 16.4. The van der Waals surface area contributed by atoms with Gasteiger partial charge in [0.2, 0.25) is 5.91 Å². The Morgan fingerprint density at radius 1 is 1.32 bits per heavy atom. The average Bonchev–Trinajstić information content (AvgIpc) is 2.25. The summed E-state index contributed by atoms with van der Waals surface area (Å²) in [5.74, 6) is 0.00284. The van der Waals surface area contributed by atoms with Crippen LogP contribution in [0.4, 0.5) is 0 Å². The fourth-order valence-corrected chi connectivity index (χ4v) is 3.37. The van der Waals surface area contributed by atoms with Crippen LogP contribution in [0.2, 0.25) is 0 Å². The van der Waals surface area contributed by atoms with Crippen molar-refractivity contribution in [2.75, 3.05) is 0 Å². The van der Waals surface area contributed by atoms with E-state index in [4.69, 9.17) is 10.9 Å². The van der Waals surface area contributed by atoms with Crippen molar-refractivity contribution < 1.29 is 10.0 Å². The number of hydrogen-bond donors (Lipinski definition) is 3. The van der Waals surface area contributed by atoms with Crippen LogP contribution in [0.25, 0.3) is 0 Å². The summed E-state index contributed by atoms with van der Waals surface area (Å²) in [5.41, 5.74) is 5.25. The molecule has 0 aliphatic heterocycles. The summed E-state index contributed by atoms with van der Waals surface area (Å²) in [6.45, 7) is 4.49. The van der Waals surface area contributed by atoms with Crippen LogP contribution in [0.5, 0.6) is 0 Å². The molecule has 5 nitrogen and oxygen atoms in total. The Balaban J connectivity index is 2.01. The fraction of sp³-hybridized carbons (Fsp3) is 0.857. The van der Waals surface area contributed by atoms with Crippen LogP contribution in [-0.4, -0.2) is 23.0 Å². The minimum Gasteiger partial charge on any atom is -0.409 e. The predicted molar refractivity (Wildman–Crippen MR) is 73.9 cm³/mol. The Hall–Kier alpha value is -1.26. The van der Waals surface area contributed by atoms with Crippen LogP contribution in [0.3, 0.4) is 0 Å². The van der Waals surface area contributed by atoms with Crippen molar-refractivity contribution in [1.29, 1.82) is 0 Å². The molecule has 0 aromatic heterocycles. The van der Waals surface area contributed by atoms with Crippen LogP contribution in [0.1, 0.15) is 58.8 Å². The minimum atomic E-state index is -0.754. The Bertz CT molecular complexity index is 386. The molecule has 0 spiro atoms. The maximum Gasteiger partial charge on any atom is 0.234 e. The van der Waals surface area contributed by atoms with Gasteiger partial charge >= 0.3 is 0 Å². The lowest BCUT2D eigenvalue weighted by Crippen LogP contribution is -2.56. The molecule has 0 saturated heterocycles. The van der Waals surface area contributed by atoms with Crippen LogP contribution in [0, 0.1) is 10.8 Å². The van der Waals surface area contributed by atoms with Gasteiger partial charge in [0.05, 0.1) is 0 Å². The lowest BCUT2D eigenvalue weighted by molar-refractivity contribution is -0.132. The van der Waals surface area contributed by atoms with Gasteiger partial charge in [-0.1, -0.05) is 31.8 Å². The Kier molecular flexibility index (Phi) is 3.74. The van der Waals surface area contributed by atoms with Gasteiger partial charge in [0, 0.05) is 6.04 Å². The molecule has 0 aromatic rings. The van der Waals surface area contributed by atoms with E-state index in [1.54, 1.807) is 0 Å². The SMILES string of the molecule is CC1(C)CCCC(NC(=O)C2(C(N)=NO)CCC2)C1. The normalized spacial score (nSPS) is 29.4. The fourth-order valence-electron chi connectivity index (χ4n) is 3.37. The largest absolute Gasteiger partial charge is 0.409 e. The zero-order valence-corrected chi connectivity index (χ0v) is 11.9. The van der Waals surface area contributed by atoms with Gasteiger partial charge in [-0.3, -0.25) is 4.79 Å². The number of nitrogens with two attached hydrogens (primary N) is 1. The molecule has 2 fully saturated rings. The quantitative estimate of drug-likeness (QED) is 0.316. The highest BCUT2D eigenvalue weighted by Crippen LogP contribution is 2.42. The number of nitrogens with one attached hydrogen (secondary N) is 1. The van der Waals surface area contributed by atoms with Gasteiger partial charge in [-0.2, -0.15) is 0 Å². The van der Waals surface area contributed by atoms with Gasteiger partial charge in [-0.15, -0.1) is 0 Å². The zero-order valence-electron chi connectivity index (χ0n) is 11.9. The number of amidine groups is 1. The molecular formula is C14H25N3O2. The van der Waals surface area contributed by atoms with Crippen molar-refractivity contribution in [3.05, 3.63) is 0 Å². The number of hydrogen-bond acceptors (Lipinski definition) is 3. The third-order valence-electron chi connectivity index (χ3n) is 4.78. The molecule has 2 rings (SSSR count). The molecule has 108 valence electrons. The van der Waals surface area contributed by atoms with E-state index in [2.05, 4.69) is 24.3 Å². The summed E-state index contributed by atoms with van der Waals surface area (Å²) in [4.78, 5) is 12.4. The predicted octanol–water partition coefficient (Wildman–Crippen LogP) is 1.99. The summed E-state index contributed by atoms with van der Waals surface area (Å²) < 4.78 is 0. The third kappa shape index (κ3) is 2.69. The van der Waals surface area contributed by atoms with Crippen LogP contribution in [-0.2, 0) is 4.79 Å². The smallest absolute Gasteiger partial charge is 0.234 e. The molecule has 2 aliphatic rings. The molecule has 1 unspecified atom stereocenters. The highest BCUT2D eigenvalue weighted by molar-refractivity contribution is 6.07. The molecular weight excluding hydrogens is 242 g/mol. The lowest BCUT2D eigenvalue weighted by Gasteiger charge is -2.42. The molecule has 0 heterocycles. The maximum atomic E-state index is 12.4. The number of nitrogens with zero attached hydrogens (tertiary/aromatic N) is 1. The van der Waals surface area contributed by atoms with E-state index in [0.717, 1.165) is 25.7 Å². The Morgan fingerprint density at radius 2 is 2.00 bits per heavy atom. The first-order valence-corrected chi connectivity index (χ1v) is 7.19. The number of carbonyl (C=O) groups is 1. The van der Waals surface area contributed by atoms with Crippen LogP contribution in [0.15, 0.2) is 5.16 Å². The molecule has 0 aromatic carbocycles. The van der Waals surface area contributed by atoms with E-state index in [1.807, 2.05) is 0 Å². The van der Waals surface area contributed by atoms with Gasteiger partial charge in [0.25, 0.3) is 0 Å². The molecule has 0 bridgehead atoms. The van der Waals surface area contributed by atoms with Crippen LogP contribution < -0.4 is 11.1 Å². The Labute approximate surface area is 114 Å². The van der Waals surface area contributed by atoms with Gasteiger partial charge < -0.3 is 16.3 Å². The first-order chi connectivity index (χ1) is 8.89. The van der Waals surface area contributed by atoms with Gasteiger partial charge in [0.1, 0.15) is 5.41 Å². The molecule has 4 N–H and O–H groups in total. The van der Waals surface area contributed by atoms with E-state index in [9.17, 15) is 4.79 Å². The lowest BCUT2D eigenvalue weighted by atomic mass is 9.66. The molecule has 1 atom stereocenters. The standard InChI is InChI=1S/C14H25N3O2/c1-13(2)6-3-5-10(9-13)16-12(18)14(7-4-8-14)11(15)17-19/h10,19H,3-9H2,1-2H3,(H2,15,17)(H,16,18). The number of oxime groups is 1. The van der Waals surface area contributed by atoms with Gasteiger partial charge in [-0.05, 0) is 37.5 Å². The zero-order chi connectivity index (χ0) is 14.1. The Morgan fingerprint density at radius 3 is 2.47 bits per heavy atom. The van der Waals surface area contributed by atoms with E-state index in [1.165, 1.54) is 6.42 Å². The van der Waals surface area contributed by atoms with E-state index >= 15 is 0 Å². The minimum absolute atomic E-state index is 0.0586. The number of carbonyl (C=O) groups excluding carboxylic acids is 1. The maximum absolute atomic E-state index is 12.4. The second-order valence-corrected chi connectivity index (χ2v) is 6.85. The molecule has 2 aliphatic carbocycles. The molecule has 5 heteroatoms. The van der Waals surface area contributed by atoms with E-state index in [-0.39, 0.29) is 17.8 Å². The summed E-state index contributed by atoms with van der Waals surface area (Å²) in [5, 5.41) is 15.0. The summed E-state index contributed by atoms with van der Waals surface area (Å²) in [6, 6.07) is 0.222. The van der Waals surface area contributed by atoms with Crippen molar-refractivity contribution in [1.82, 2.24) is 5.32 Å². The molecule has 2 saturated carbocycles. The van der Waals surface area contributed by atoms with Gasteiger partial charge in [-0.25, -0.2) is 0 Å². The van der Waals surface area contributed by atoms with Crippen molar-refractivity contribution in [3.63, 3.8) is 0 Å². The van der Waals surface area contributed by atoms with E-state index < -0.39 is 5.41 Å². The average molecular weight is 267 g/mol. The molecule has 1 amide bonds. The highest BCUT2D eigenvalue weighted by Gasteiger charge is 2.49. The summed E-state index contributed by atoms with van der Waals surface area (Å²) in [7, 11) is 0. The first kappa shape index (κ1) is 14.2. The first-order valence-electron chi connectivity index (χ1n) is 7.19. The second kappa shape index (κ2) is 5.02. The topological polar surface area (TPSA) is 87.7 Å². The summed E-state index contributed by atoms with van der Waals surface area (Å²) in [6.07, 6.45) is 6.72. The summed E-state index contributed by atoms with van der Waals surface area (Å²) >= 11 is 0. The van der Waals surface area contributed by atoms with Crippen molar-refractivity contribution in [2.45, 2.75) is 64.8 Å². The second-order valence-electron chi connectivity index (χ2n) is 6.85. The third-order valence-corrected chi connectivity index (χ3v) is 4.78. The van der Waals surface area contributed by atoms with Crippen molar-refractivity contribution in [3.8, 4) is 0 Å². The van der Waals surface area contributed by atoms with Crippen molar-refractivity contribution >= 4 is 11.7 Å². The monoisotopic (exact) mass is 267 g/mol.